The number of amides is 1. The lowest BCUT2D eigenvalue weighted by Crippen LogP contribution is -2.49. The first-order chi connectivity index (χ1) is 16.2. The summed E-state index contributed by atoms with van der Waals surface area (Å²) in [6, 6.07) is 7.96. The molecule has 2 aromatic rings. The molecule has 1 heterocycles. The van der Waals surface area contributed by atoms with Gasteiger partial charge in [-0.25, -0.2) is 17.2 Å². The highest BCUT2D eigenvalue weighted by atomic mass is 32.2. The zero-order valence-electron chi connectivity index (χ0n) is 18.8. The average molecular weight is 490 g/mol. The molecule has 2 fully saturated rings. The van der Waals surface area contributed by atoms with E-state index in [4.69, 9.17) is 10.00 Å². The van der Waals surface area contributed by atoms with Crippen molar-refractivity contribution in [2.45, 2.75) is 24.2 Å². The number of hydrogen-bond acceptors (Lipinski definition) is 6. The topological polar surface area (TPSA) is 90.7 Å². The van der Waals surface area contributed by atoms with E-state index in [0.29, 0.717) is 18.3 Å². The fourth-order valence-corrected chi connectivity index (χ4v) is 4.78. The highest BCUT2D eigenvalue weighted by Crippen LogP contribution is 2.31. The summed E-state index contributed by atoms with van der Waals surface area (Å²) < 4.78 is 58.8. The van der Waals surface area contributed by atoms with Gasteiger partial charge >= 0.3 is 0 Å². The number of nitrogens with zero attached hydrogens (tertiary/aromatic N) is 3. The van der Waals surface area contributed by atoms with Crippen molar-refractivity contribution in [2.75, 3.05) is 43.9 Å². The number of ether oxygens (including phenoxy) is 1. The van der Waals surface area contributed by atoms with Gasteiger partial charge in [-0.1, -0.05) is 6.42 Å². The minimum atomic E-state index is -3.53. The molecule has 4 rings (SSSR count). The number of carbonyl (C=O) groups excluding carboxylic acids is 1. The van der Waals surface area contributed by atoms with Crippen molar-refractivity contribution in [3.05, 3.63) is 53.1 Å². The molecule has 34 heavy (non-hydrogen) atoms. The molecular formula is C24H25F2N3O4S. The quantitative estimate of drug-likeness (QED) is 0.618. The molecule has 10 heteroatoms. The van der Waals surface area contributed by atoms with Crippen molar-refractivity contribution < 1.29 is 26.7 Å². The van der Waals surface area contributed by atoms with Crippen LogP contribution in [0.3, 0.4) is 0 Å². The summed E-state index contributed by atoms with van der Waals surface area (Å²) in [6.45, 7) is 1.18. The number of piperazine rings is 1. The van der Waals surface area contributed by atoms with Crippen molar-refractivity contribution in [1.29, 1.82) is 5.26 Å². The van der Waals surface area contributed by atoms with E-state index < -0.39 is 27.4 Å². The molecule has 0 spiro atoms. The van der Waals surface area contributed by atoms with E-state index in [1.54, 1.807) is 6.07 Å². The predicted octanol–water partition coefficient (Wildman–Crippen LogP) is 3.38. The van der Waals surface area contributed by atoms with E-state index in [0.717, 1.165) is 37.7 Å². The number of carbonyl (C=O) groups is 1. The fraction of sp³-hybridized carbons (Fsp3) is 0.417. The van der Waals surface area contributed by atoms with Gasteiger partial charge in [0.15, 0.2) is 21.5 Å². The van der Waals surface area contributed by atoms with Crippen LogP contribution in [-0.4, -0.2) is 58.3 Å². The van der Waals surface area contributed by atoms with Gasteiger partial charge < -0.3 is 14.5 Å². The van der Waals surface area contributed by atoms with Gasteiger partial charge in [0, 0.05) is 32.4 Å². The summed E-state index contributed by atoms with van der Waals surface area (Å²) in [5, 5.41) is 8.88. The van der Waals surface area contributed by atoms with Crippen molar-refractivity contribution in [3.8, 4) is 11.8 Å². The van der Waals surface area contributed by atoms with E-state index in [-0.39, 0.29) is 47.9 Å². The Morgan fingerprint density at radius 1 is 1.12 bits per heavy atom. The van der Waals surface area contributed by atoms with Crippen LogP contribution in [0.1, 0.15) is 35.2 Å². The van der Waals surface area contributed by atoms with Crippen LogP contribution in [-0.2, 0) is 9.84 Å². The molecule has 0 atom stereocenters. The first kappa shape index (κ1) is 24.0. The maximum Gasteiger partial charge on any atom is 0.257 e. The lowest BCUT2D eigenvalue weighted by molar-refractivity contribution is 0.0739. The molecule has 0 radical (unpaired) electrons. The van der Waals surface area contributed by atoms with Gasteiger partial charge in [0.1, 0.15) is 11.4 Å². The first-order valence-corrected chi connectivity index (χ1v) is 13.0. The molecule has 1 saturated heterocycles. The summed E-state index contributed by atoms with van der Waals surface area (Å²) in [6.07, 6.45) is 4.35. The third-order valence-corrected chi connectivity index (χ3v) is 7.45. The molecular weight excluding hydrogens is 464 g/mol. The van der Waals surface area contributed by atoms with Crippen molar-refractivity contribution in [1.82, 2.24) is 4.90 Å². The van der Waals surface area contributed by atoms with Crippen molar-refractivity contribution >= 4 is 21.4 Å². The molecule has 2 aliphatic rings. The molecule has 0 unspecified atom stereocenters. The molecule has 0 aromatic heterocycles. The molecule has 2 aromatic carbocycles. The number of benzene rings is 2. The smallest absolute Gasteiger partial charge is 0.257 e. The van der Waals surface area contributed by atoms with Crippen LogP contribution in [0.25, 0.3) is 0 Å². The lowest BCUT2D eigenvalue weighted by atomic mass is 9.86. The first-order valence-electron chi connectivity index (χ1n) is 11.1. The van der Waals surface area contributed by atoms with Gasteiger partial charge in [-0.3, -0.25) is 4.79 Å². The summed E-state index contributed by atoms with van der Waals surface area (Å²) in [5.74, 6) is -1.29. The second kappa shape index (κ2) is 9.58. The average Bonchev–Trinajstić information content (AvgIpc) is 2.77. The fourth-order valence-electron chi connectivity index (χ4n) is 4.14. The van der Waals surface area contributed by atoms with Crippen molar-refractivity contribution in [2.24, 2.45) is 5.92 Å². The van der Waals surface area contributed by atoms with Gasteiger partial charge in [-0.15, -0.1) is 0 Å². The summed E-state index contributed by atoms with van der Waals surface area (Å²) >= 11 is 0. The van der Waals surface area contributed by atoms with E-state index in [1.807, 2.05) is 0 Å². The maximum atomic E-state index is 14.4. The molecule has 7 nitrogen and oxygen atoms in total. The van der Waals surface area contributed by atoms with Crippen LogP contribution in [0.4, 0.5) is 14.5 Å². The third kappa shape index (κ3) is 4.99. The van der Waals surface area contributed by atoms with E-state index in [9.17, 15) is 22.0 Å². The summed E-state index contributed by atoms with van der Waals surface area (Å²) in [4.78, 5) is 16.4. The Balaban J connectivity index is 1.52. The minimum absolute atomic E-state index is 0.0206. The van der Waals surface area contributed by atoms with Gasteiger partial charge in [0.2, 0.25) is 0 Å². The Morgan fingerprint density at radius 2 is 1.76 bits per heavy atom. The predicted molar refractivity (Wildman–Crippen MR) is 122 cm³/mol. The Labute approximate surface area is 197 Å². The molecule has 1 amide bonds. The molecule has 1 saturated carbocycles. The van der Waals surface area contributed by atoms with Crippen LogP contribution in [0.5, 0.6) is 5.75 Å². The minimum Gasteiger partial charge on any atom is -0.492 e. The lowest BCUT2D eigenvalue weighted by Gasteiger charge is -2.36. The highest BCUT2D eigenvalue weighted by molar-refractivity contribution is 7.90. The zero-order chi connectivity index (χ0) is 24.5. The normalized spacial score (nSPS) is 16.6. The van der Waals surface area contributed by atoms with E-state index >= 15 is 0 Å². The van der Waals surface area contributed by atoms with Crippen LogP contribution in [0.15, 0.2) is 35.2 Å². The molecule has 1 aliphatic carbocycles. The van der Waals surface area contributed by atoms with Gasteiger partial charge in [-0.2, -0.15) is 5.26 Å². The Kier molecular flexibility index (Phi) is 6.75. The number of nitriles is 1. The third-order valence-electron chi connectivity index (χ3n) is 6.34. The Morgan fingerprint density at radius 3 is 2.29 bits per heavy atom. The Bertz CT molecular complexity index is 1220. The van der Waals surface area contributed by atoms with Crippen LogP contribution >= 0.6 is 0 Å². The SMILES string of the molecule is CS(=O)(=O)c1ccc(OCC2CCC2)c(C(=O)N2CCN(c3c(F)cc(C#N)cc3F)CC2)c1. The van der Waals surface area contributed by atoms with Crippen LogP contribution in [0.2, 0.25) is 0 Å². The van der Waals surface area contributed by atoms with Crippen LogP contribution < -0.4 is 9.64 Å². The maximum absolute atomic E-state index is 14.4. The summed E-state index contributed by atoms with van der Waals surface area (Å²) in [5.41, 5.74) is -0.172. The number of rotatable bonds is 6. The second-order valence-electron chi connectivity index (χ2n) is 8.72. The van der Waals surface area contributed by atoms with Gasteiger partial charge in [0.25, 0.3) is 5.91 Å². The number of sulfone groups is 1. The zero-order valence-corrected chi connectivity index (χ0v) is 19.6. The summed E-state index contributed by atoms with van der Waals surface area (Å²) in [7, 11) is -3.53. The van der Waals surface area contributed by atoms with E-state index in [1.165, 1.54) is 28.0 Å². The van der Waals surface area contributed by atoms with E-state index in [2.05, 4.69) is 0 Å². The number of halogens is 2. The van der Waals surface area contributed by atoms with Crippen molar-refractivity contribution in [3.63, 3.8) is 0 Å². The van der Waals surface area contributed by atoms with Gasteiger partial charge in [0.05, 0.1) is 28.7 Å². The Hall–Kier alpha value is -3.19. The number of anilines is 1. The van der Waals surface area contributed by atoms with Crippen LogP contribution in [0, 0.1) is 28.9 Å². The monoisotopic (exact) mass is 489 g/mol. The molecule has 1 aliphatic heterocycles. The second-order valence-corrected chi connectivity index (χ2v) is 10.7. The highest BCUT2D eigenvalue weighted by Gasteiger charge is 2.29. The molecule has 0 bridgehead atoms. The number of hydrogen-bond donors (Lipinski definition) is 0. The standard InChI is InChI=1S/C24H25F2N3O4S/c1-34(31,32)18-5-6-22(33-15-16-3-2-4-16)19(13-18)24(30)29-9-7-28(8-10-29)23-20(25)11-17(14-27)12-21(23)26/h5-6,11-13,16H,2-4,7-10,15H2,1H3. The van der Waals surface area contributed by atoms with Gasteiger partial charge in [-0.05, 0) is 49.1 Å². The molecule has 0 N–H and O–H groups in total. The largest absolute Gasteiger partial charge is 0.492 e. The molecule has 180 valence electrons.